The molecule has 0 radical (unpaired) electrons. The molecule has 4 heteroatoms. The van der Waals surface area contributed by atoms with Gasteiger partial charge in [0.25, 0.3) is 0 Å². The number of hydrogen-bond donors (Lipinski definition) is 1. The van der Waals surface area contributed by atoms with Crippen LogP contribution in [-0.4, -0.2) is 5.11 Å². The van der Waals surface area contributed by atoms with E-state index in [-0.39, 0.29) is 5.56 Å². The summed E-state index contributed by atoms with van der Waals surface area (Å²) < 4.78 is 13.7. The molecule has 0 aliphatic carbocycles. The summed E-state index contributed by atoms with van der Waals surface area (Å²) in [6, 6.07) is 9.40. The van der Waals surface area contributed by atoms with Gasteiger partial charge in [0.1, 0.15) is 11.9 Å². The van der Waals surface area contributed by atoms with Gasteiger partial charge in [-0.25, -0.2) is 4.39 Å². The van der Waals surface area contributed by atoms with E-state index in [4.69, 9.17) is 23.2 Å². The fraction of sp³-hybridized carbons (Fsp3) is 0.143. The molecule has 0 amide bonds. The molecule has 0 aliphatic heterocycles. The van der Waals surface area contributed by atoms with Gasteiger partial charge in [0.15, 0.2) is 0 Å². The van der Waals surface area contributed by atoms with Crippen molar-refractivity contribution in [1.29, 1.82) is 0 Å². The van der Waals surface area contributed by atoms with Gasteiger partial charge in [-0.1, -0.05) is 41.4 Å². The van der Waals surface area contributed by atoms with Crippen molar-refractivity contribution in [3.05, 3.63) is 69.0 Å². The predicted molar refractivity (Wildman–Crippen MR) is 71.7 cm³/mol. The van der Waals surface area contributed by atoms with Crippen LogP contribution in [0, 0.1) is 12.7 Å². The van der Waals surface area contributed by atoms with Crippen LogP contribution in [0.4, 0.5) is 4.39 Å². The molecule has 0 spiro atoms. The lowest BCUT2D eigenvalue weighted by atomic mass is 10.00. The summed E-state index contributed by atoms with van der Waals surface area (Å²) in [5.74, 6) is -0.549. The first kappa shape index (κ1) is 13.3. The third kappa shape index (κ3) is 2.66. The van der Waals surface area contributed by atoms with E-state index in [0.717, 1.165) is 5.56 Å². The first-order valence-electron chi connectivity index (χ1n) is 5.38. The fourth-order valence-electron chi connectivity index (χ4n) is 1.74. The molecule has 1 atom stereocenters. The summed E-state index contributed by atoms with van der Waals surface area (Å²) in [7, 11) is 0. The Morgan fingerprint density at radius 2 is 1.72 bits per heavy atom. The molecule has 2 aromatic carbocycles. The minimum atomic E-state index is -1.10. The largest absolute Gasteiger partial charge is 0.383 e. The smallest absolute Gasteiger partial charge is 0.130 e. The molecule has 1 nitrogen and oxygen atoms in total. The van der Waals surface area contributed by atoms with Crippen molar-refractivity contribution >= 4 is 23.2 Å². The van der Waals surface area contributed by atoms with Gasteiger partial charge in [-0.2, -0.15) is 0 Å². The van der Waals surface area contributed by atoms with Crippen molar-refractivity contribution in [2.24, 2.45) is 0 Å². The Labute approximate surface area is 115 Å². The number of rotatable bonds is 2. The van der Waals surface area contributed by atoms with Crippen LogP contribution in [0.1, 0.15) is 22.8 Å². The second kappa shape index (κ2) is 5.27. The van der Waals surface area contributed by atoms with E-state index in [9.17, 15) is 9.50 Å². The maximum absolute atomic E-state index is 13.7. The quantitative estimate of drug-likeness (QED) is 0.860. The van der Waals surface area contributed by atoms with Gasteiger partial charge in [-0.15, -0.1) is 0 Å². The van der Waals surface area contributed by atoms with Crippen LogP contribution in [-0.2, 0) is 0 Å². The summed E-state index contributed by atoms with van der Waals surface area (Å²) >= 11 is 11.7. The molecule has 0 aliphatic rings. The average molecular weight is 285 g/mol. The highest BCUT2D eigenvalue weighted by atomic mass is 35.5. The second-order valence-corrected chi connectivity index (χ2v) is 4.94. The fourth-order valence-corrected chi connectivity index (χ4v) is 2.24. The Kier molecular flexibility index (Phi) is 3.91. The van der Waals surface area contributed by atoms with Crippen LogP contribution < -0.4 is 0 Å². The molecule has 0 fully saturated rings. The molecular weight excluding hydrogens is 274 g/mol. The minimum Gasteiger partial charge on any atom is -0.383 e. The minimum absolute atomic E-state index is 0.158. The highest BCUT2D eigenvalue weighted by molar-refractivity contribution is 6.31. The number of aryl methyl sites for hydroxylation is 1. The van der Waals surface area contributed by atoms with Crippen LogP contribution in [0.2, 0.25) is 10.0 Å². The molecule has 94 valence electrons. The van der Waals surface area contributed by atoms with E-state index in [0.29, 0.717) is 15.6 Å². The summed E-state index contributed by atoms with van der Waals surface area (Å²) in [5, 5.41) is 10.9. The summed E-state index contributed by atoms with van der Waals surface area (Å²) in [4.78, 5) is 0. The molecule has 1 unspecified atom stereocenters. The highest BCUT2D eigenvalue weighted by Gasteiger charge is 2.17. The number of hydrogen-bond acceptors (Lipinski definition) is 1. The summed E-state index contributed by atoms with van der Waals surface area (Å²) in [6.07, 6.45) is -1.10. The van der Waals surface area contributed by atoms with Gasteiger partial charge in [-0.3, -0.25) is 0 Å². The molecule has 0 saturated heterocycles. The molecular formula is C14H11Cl2FO. The van der Waals surface area contributed by atoms with Crippen molar-refractivity contribution in [2.45, 2.75) is 13.0 Å². The summed E-state index contributed by atoms with van der Waals surface area (Å²) in [6.45, 7) is 1.89. The van der Waals surface area contributed by atoms with Crippen molar-refractivity contribution in [2.75, 3.05) is 0 Å². The van der Waals surface area contributed by atoms with E-state index >= 15 is 0 Å². The molecule has 0 saturated carbocycles. The third-order valence-electron chi connectivity index (χ3n) is 2.71. The monoisotopic (exact) mass is 284 g/mol. The molecule has 18 heavy (non-hydrogen) atoms. The second-order valence-electron chi connectivity index (χ2n) is 4.09. The standard InChI is InChI=1S/C14H11Cl2FO/c1-8-2-4-10(12(16)6-8)14(18)11-5-3-9(15)7-13(11)17/h2-7,14,18H,1H3. The molecule has 0 bridgehead atoms. The zero-order chi connectivity index (χ0) is 13.3. The molecule has 0 heterocycles. The number of aliphatic hydroxyl groups is 1. The number of halogens is 3. The van der Waals surface area contributed by atoms with E-state index < -0.39 is 11.9 Å². The lowest BCUT2D eigenvalue weighted by Crippen LogP contribution is -2.03. The Morgan fingerprint density at radius 3 is 2.33 bits per heavy atom. The maximum atomic E-state index is 13.7. The maximum Gasteiger partial charge on any atom is 0.130 e. The van der Waals surface area contributed by atoms with Crippen LogP contribution in [0.25, 0.3) is 0 Å². The lowest BCUT2D eigenvalue weighted by molar-refractivity contribution is 0.215. The SMILES string of the molecule is Cc1ccc(C(O)c2ccc(Cl)cc2F)c(Cl)c1. The van der Waals surface area contributed by atoms with Crippen molar-refractivity contribution in [3.63, 3.8) is 0 Å². The van der Waals surface area contributed by atoms with Gasteiger partial charge in [0, 0.05) is 21.2 Å². The van der Waals surface area contributed by atoms with Gasteiger partial charge >= 0.3 is 0 Å². The van der Waals surface area contributed by atoms with E-state index in [1.165, 1.54) is 18.2 Å². The van der Waals surface area contributed by atoms with Crippen LogP contribution in [0.3, 0.4) is 0 Å². The molecule has 2 aromatic rings. The van der Waals surface area contributed by atoms with Gasteiger partial charge in [0.2, 0.25) is 0 Å². The van der Waals surface area contributed by atoms with Crippen LogP contribution in [0.5, 0.6) is 0 Å². The normalized spacial score (nSPS) is 12.5. The topological polar surface area (TPSA) is 20.2 Å². The average Bonchev–Trinajstić information content (AvgIpc) is 2.28. The van der Waals surface area contributed by atoms with E-state index in [1.54, 1.807) is 12.1 Å². The molecule has 2 rings (SSSR count). The van der Waals surface area contributed by atoms with Crippen LogP contribution >= 0.6 is 23.2 Å². The first-order valence-corrected chi connectivity index (χ1v) is 6.13. The van der Waals surface area contributed by atoms with E-state index in [1.807, 2.05) is 13.0 Å². The number of aliphatic hydroxyl groups excluding tert-OH is 1. The number of benzene rings is 2. The van der Waals surface area contributed by atoms with E-state index in [2.05, 4.69) is 0 Å². The van der Waals surface area contributed by atoms with Crippen molar-refractivity contribution < 1.29 is 9.50 Å². The van der Waals surface area contributed by atoms with Gasteiger partial charge in [-0.05, 0) is 30.7 Å². The summed E-state index contributed by atoms with van der Waals surface area (Å²) in [5.41, 5.74) is 1.61. The third-order valence-corrected chi connectivity index (χ3v) is 3.27. The van der Waals surface area contributed by atoms with Crippen LogP contribution in [0.15, 0.2) is 36.4 Å². The Hall–Kier alpha value is -1.09. The predicted octanol–water partition coefficient (Wildman–Crippen LogP) is 4.52. The first-order chi connectivity index (χ1) is 8.49. The molecule has 1 N–H and O–H groups in total. The Balaban J connectivity index is 2.44. The lowest BCUT2D eigenvalue weighted by Gasteiger charge is -2.14. The van der Waals surface area contributed by atoms with Gasteiger partial charge < -0.3 is 5.11 Å². The molecule has 0 aromatic heterocycles. The zero-order valence-electron chi connectivity index (χ0n) is 9.62. The van der Waals surface area contributed by atoms with Gasteiger partial charge in [0.05, 0.1) is 0 Å². The Morgan fingerprint density at radius 1 is 1.06 bits per heavy atom. The van der Waals surface area contributed by atoms with Crippen molar-refractivity contribution in [1.82, 2.24) is 0 Å². The highest BCUT2D eigenvalue weighted by Crippen LogP contribution is 2.31. The zero-order valence-corrected chi connectivity index (χ0v) is 11.1. The van der Waals surface area contributed by atoms with Crippen molar-refractivity contribution in [3.8, 4) is 0 Å². The Bertz CT molecular complexity index is 533.